The topological polar surface area (TPSA) is 12.5 Å². The van der Waals surface area contributed by atoms with Gasteiger partial charge in [0, 0.05) is 6.54 Å². The van der Waals surface area contributed by atoms with Gasteiger partial charge in [0.2, 0.25) is 0 Å². The number of hydrogen-bond donors (Lipinski definition) is 0. The van der Waals surface area contributed by atoms with Crippen LogP contribution in [0, 0.1) is 11.8 Å². The highest BCUT2D eigenvalue weighted by molar-refractivity contribution is 5.06. The average Bonchev–Trinajstić information content (AvgIpc) is 1.94. The fourth-order valence-corrected chi connectivity index (χ4v) is 1.01. The zero-order valence-electron chi connectivity index (χ0n) is 6.55. The van der Waals surface area contributed by atoms with E-state index in [1.807, 2.05) is 6.92 Å². The van der Waals surface area contributed by atoms with Crippen molar-refractivity contribution in [2.75, 3.05) is 26.8 Å². The summed E-state index contributed by atoms with van der Waals surface area (Å²) in [5.74, 6) is 5.98. The standard InChI is InChI=1S/C8H13NO/c1-3-4-8-7-10-6-5-9(8)2/h8H,5-7H2,1-2H3. The zero-order chi connectivity index (χ0) is 7.40. The number of morpholine rings is 1. The Hall–Kier alpha value is -0.520. The predicted octanol–water partition coefficient (Wildman–Crippen LogP) is 0.340. The maximum atomic E-state index is 5.26. The lowest BCUT2D eigenvalue weighted by Crippen LogP contribution is -2.41. The molecule has 0 amide bonds. The van der Waals surface area contributed by atoms with Gasteiger partial charge in [0.1, 0.15) is 0 Å². The van der Waals surface area contributed by atoms with E-state index in [4.69, 9.17) is 4.74 Å². The van der Waals surface area contributed by atoms with Crippen LogP contribution >= 0.6 is 0 Å². The Bertz CT molecular complexity index is 156. The molecular weight excluding hydrogens is 126 g/mol. The van der Waals surface area contributed by atoms with E-state index in [0.717, 1.165) is 19.8 Å². The molecule has 0 N–H and O–H groups in total. The lowest BCUT2D eigenvalue weighted by atomic mass is 10.2. The van der Waals surface area contributed by atoms with E-state index >= 15 is 0 Å². The van der Waals surface area contributed by atoms with Gasteiger partial charge in [0.05, 0.1) is 19.3 Å². The molecule has 0 aromatic heterocycles. The van der Waals surface area contributed by atoms with E-state index in [2.05, 4.69) is 23.8 Å². The summed E-state index contributed by atoms with van der Waals surface area (Å²) < 4.78 is 5.26. The van der Waals surface area contributed by atoms with Gasteiger partial charge in [-0.05, 0) is 14.0 Å². The van der Waals surface area contributed by atoms with Crippen molar-refractivity contribution in [3.63, 3.8) is 0 Å². The Morgan fingerprint density at radius 3 is 3.00 bits per heavy atom. The maximum Gasteiger partial charge on any atom is 0.0949 e. The minimum atomic E-state index is 0.318. The summed E-state index contributed by atoms with van der Waals surface area (Å²) in [6.45, 7) is 4.47. The highest BCUT2D eigenvalue weighted by atomic mass is 16.5. The number of nitrogens with zero attached hydrogens (tertiary/aromatic N) is 1. The molecule has 0 bridgehead atoms. The molecule has 1 unspecified atom stereocenters. The molecule has 1 aliphatic rings. The fraction of sp³-hybridized carbons (Fsp3) is 0.750. The third-order valence-corrected chi connectivity index (χ3v) is 1.71. The fourth-order valence-electron chi connectivity index (χ4n) is 1.01. The van der Waals surface area contributed by atoms with Gasteiger partial charge < -0.3 is 4.74 Å². The second-order valence-corrected chi connectivity index (χ2v) is 2.47. The lowest BCUT2D eigenvalue weighted by Gasteiger charge is -2.28. The van der Waals surface area contributed by atoms with Gasteiger partial charge >= 0.3 is 0 Å². The predicted molar refractivity (Wildman–Crippen MR) is 40.7 cm³/mol. The summed E-state index contributed by atoms with van der Waals surface area (Å²) in [5, 5.41) is 0. The minimum Gasteiger partial charge on any atom is -0.377 e. The van der Waals surface area contributed by atoms with Crippen molar-refractivity contribution in [1.82, 2.24) is 4.90 Å². The van der Waals surface area contributed by atoms with Gasteiger partial charge in [-0.15, -0.1) is 5.92 Å². The van der Waals surface area contributed by atoms with Crippen LogP contribution < -0.4 is 0 Å². The first-order valence-corrected chi connectivity index (χ1v) is 3.55. The molecule has 56 valence electrons. The molecule has 1 saturated heterocycles. The van der Waals surface area contributed by atoms with Crippen molar-refractivity contribution in [2.45, 2.75) is 13.0 Å². The third kappa shape index (κ3) is 1.73. The van der Waals surface area contributed by atoms with Crippen LogP contribution in [0.4, 0.5) is 0 Å². The molecule has 0 aliphatic carbocycles. The number of likely N-dealkylation sites (N-methyl/N-ethyl adjacent to an activating group) is 1. The first-order chi connectivity index (χ1) is 4.84. The molecule has 1 aliphatic heterocycles. The Labute approximate surface area is 62.2 Å². The molecule has 1 atom stereocenters. The lowest BCUT2D eigenvalue weighted by molar-refractivity contribution is 0.0267. The summed E-state index contributed by atoms with van der Waals surface area (Å²) >= 11 is 0. The van der Waals surface area contributed by atoms with Crippen molar-refractivity contribution in [1.29, 1.82) is 0 Å². The molecule has 2 nitrogen and oxygen atoms in total. The highest BCUT2D eigenvalue weighted by Gasteiger charge is 2.15. The molecule has 0 aromatic rings. The van der Waals surface area contributed by atoms with E-state index in [1.165, 1.54) is 0 Å². The van der Waals surface area contributed by atoms with Crippen molar-refractivity contribution >= 4 is 0 Å². The molecule has 0 radical (unpaired) electrons. The van der Waals surface area contributed by atoms with Crippen LogP contribution in [0.25, 0.3) is 0 Å². The summed E-state index contributed by atoms with van der Waals surface area (Å²) in [6.07, 6.45) is 0. The van der Waals surface area contributed by atoms with Crippen LogP contribution in [0.2, 0.25) is 0 Å². The molecule has 10 heavy (non-hydrogen) atoms. The molecule has 0 aromatic carbocycles. The normalized spacial score (nSPS) is 27.2. The van der Waals surface area contributed by atoms with E-state index < -0.39 is 0 Å². The maximum absolute atomic E-state index is 5.26. The average molecular weight is 139 g/mol. The second kappa shape index (κ2) is 3.60. The van der Waals surface area contributed by atoms with Crippen molar-refractivity contribution in [2.24, 2.45) is 0 Å². The highest BCUT2D eigenvalue weighted by Crippen LogP contribution is 2.01. The van der Waals surface area contributed by atoms with Crippen molar-refractivity contribution < 1.29 is 4.74 Å². The zero-order valence-corrected chi connectivity index (χ0v) is 6.55. The van der Waals surface area contributed by atoms with E-state index in [9.17, 15) is 0 Å². The smallest absolute Gasteiger partial charge is 0.0949 e. The van der Waals surface area contributed by atoms with E-state index in [1.54, 1.807) is 0 Å². The summed E-state index contributed by atoms with van der Waals surface area (Å²) in [7, 11) is 2.08. The van der Waals surface area contributed by atoms with Crippen LogP contribution in [0.1, 0.15) is 6.92 Å². The Balaban J connectivity index is 2.45. The molecular formula is C8H13NO. The van der Waals surface area contributed by atoms with Crippen LogP contribution in [0.3, 0.4) is 0 Å². The molecule has 1 heterocycles. The number of rotatable bonds is 0. The Kier molecular flexibility index (Phi) is 2.73. The first kappa shape index (κ1) is 7.59. The van der Waals surface area contributed by atoms with Gasteiger partial charge in [-0.2, -0.15) is 0 Å². The minimum absolute atomic E-state index is 0.318. The molecule has 2 heteroatoms. The van der Waals surface area contributed by atoms with Gasteiger partial charge in [-0.25, -0.2) is 0 Å². The van der Waals surface area contributed by atoms with Gasteiger partial charge in [0.15, 0.2) is 0 Å². The largest absolute Gasteiger partial charge is 0.377 e. The van der Waals surface area contributed by atoms with Crippen LogP contribution in [-0.2, 0) is 4.74 Å². The monoisotopic (exact) mass is 139 g/mol. The van der Waals surface area contributed by atoms with Crippen molar-refractivity contribution in [3.8, 4) is 11.8 Å². The second-order valence-electron chi connectivity index (χ2n) is 2.47. The van der Waals surface area contributed by atoms with Crippen LogP contribution in [0.5, 0.6) is 0 Å². The molecule has 0 spiro atoms. The molecule has 1 rings (SSSR count). The summed E-state index contributed by atoms with van der Waals surface area (Å²) in [6, 6.07) is 0.318. The van der Waals surface area contributed by atoms with E-state index in [0.29, 0.717) is 6.04 Å². The molecule has 0 saturated carbocycles. The third-order valence-electron chi connectivity index (χ3n) is 1.71. The SMILES string of the molecule is CC#CC1COCCN1C. The van der Waals surface area contributed by atoms with Gasteiger partial charge in [-0.1, -0.05) is 5.92 Å². The Morgan fingerprint density at radius 2 is 2.40 bits per heavy atom. The Morgan fingerprint density at radius 1 is 1.60 bits per heavy atom. The van der Waals surface area contributed by atoms with Crippen molar-refractivity contribution in [3.05, 3.63) is 0 Å². The number of ether oxygens (including phenoxy) is 1. The first-order valence-electron chi connectivity index (χ1n) is 3.55. The van der Waals surface area contributed by atoms with Gasteiger partial charge in [0.25, 0.3) is 0 Å². The van der Waals surface area contributed by atoms with E-state index in [-0.39, 0.29) is 0 Å². The van der Waals surface area contributed by atoms with Gasteiger partial charge in [-0.3, -0.25) is 4.90 Å². The molecule has 1 fully saturated rings. The number of hydrogen-bond acceptors (Lipinski definition) is 2. The summed E-state index contributed by atoms with van der Waals surface area (Å²) in [4.78, 5) is 2.22. The quantitative estimate of drug-likeness (QED) is 0.449. The van der Waals surface area contributed by atoms with Crippen LogP contribution in [0.15, 0.2) is 0 Å². The van der Waals surface area contributed by atoms with Crippen LogP contribution in [-0.4, -0.2) is 37.7 Å². The summed E-state index contributed by atoms with van der Waals surface area (Å²) in [5.41, 5.74) is 0.